The average Bonchev–Trinajstić information content (AvgIpc) is 2.61. The number of nitrogens with one attached hydrogen (secondary N) is 1. The molecule has 1 aliphatic rings. The lowest BCUT2D eigenvalue weighted by molar-refractivity contribution is 0.102. The van der Waals surface area contributed by atoms with E-state index in [4.69, 9.17) is 0 Å². The van der Waals surface area contributed by atoms with E-state index in [-0.39, 0.29) is 5.91 Å². The molecule has 2 heteroatoms. The van der Waals surface area contributed by atoms with Gasteiger partial charge in [0.25, 0.3) is 5.91 Å². The molecule has 20 heavy (non-hydrogen) atoms. The van der Waals surface area contributed by atoms with Crippen LogP contribution in [0.2, 0.25) is 0 Å². The Morgan fingerprint density at radius 1 is 0.800 bits per heavy atom. The van der Waals surface area contributed by atoms with E-state index in [0.717, 1.165) is 28.6 Å². The first-order valence-corrected chi connectivity index (χ1v) is 6.72. The molecule has 2 nitrogen and oxygen atoms in total. The molecule has 0 aromatic heterocycles. The number of hydrogen-bond donors (Lipinski definition) is 1. The molecule has 1 heterocycles. The number of rotatable bonds is 0. The highest BCUT2D eigenvalue weighted by Gasteiger charge is 2.18. The minimum atomic E-state index is -0.0189. The average molecular weight is 259 g/mol. The summed E-state index contributed by atoms with van der Waals surface area (Å²) < 4.78 is 0. The summed E-state index contributed by atoms with van der Waals surface area (Å²) in [5.74, 6) is -0.0189. The van der Waals surface area contributed by atoms with Crippen molar-refractivity contribution in [1.82, 2.24) is 0 Å². The van der Waals surface area contributed by atoms with Crippen molar-refractivity contribution in [2.45, 2.75) is 6.42 Å². The zero-order valence-corrected chi connectivity index (χ0v) is 10.9. The number of fused-ring (bicyclic) bond motifs is 3. The van der Waals surface area contributed by atoms with Crippen molar-refractivity contribution < 1.29 is 4.79 Å². The van der Waals surface area contributed by atoms with Crippen molar-refractivity contribution in [3.05, 3.63) is 77.4 Å². The summed E-state index contributed by atoms with van der Waals surface area (Å²) in [4.78, 5) is 12.3. The van der Waals surface area contributed by atoms with Gasteiger partial charge in [-0.25, -0.2) is 0 Å². The van der Waals surface area contributed by atoms with Gasteiger partial charge in [0.2, 0.25) is 0 Å². The molecular weight excluding hydrogens is 246 g/mol. The Morgan fingerprint density at radius 2 is 1.50 bits per heavy atom. The number of carbonyl (C=O) groups excluding carboxylic acids is 1. The summed E-state index contributed by atoms with van der Waals surface area (Å²) in [6.07, 6.45) is 0.787. The zero-order valence-electron chi connectivity index (χ0n) is 10.9. The molecule has 0 atom stereocenters. The molecule has 3 aromatic rings. The maximum Gasteiger partial charge on any atom is 0.255 e. The molecule has 0 bridgehead atoms. The summed E-state index contributed by atoms with van der Waals surface area (Å²) in [5.41, 5.74) is 3.94. The molecule has 1 N–H and O–H groups in total. The molecule has 1 amide bonds. The Labute approximate surface area is 117 Å². The molecule has 0 saturated heterocycles. The van der Waals surface area contributed by atoms with Gasteiger partial charge in [-0.3, -0.25) is 4.79 Å². The molecule has 0 spiro atoms. The Balaban J connectivity index is 1.95. The number of carbonyl (C=O) groups is 1. The van der Waals surface area contributed by atoms with Gasteiger partial charge in [-0.2, -0.15) is 0 Å². The third kappa shape index (κ3) is 1.69. The van der Waals surface area contributed by atoms with Gasteiger partial charge in [-0.05, 0) is 40.1 Å². The summed E-state index contributed by atoms with van der Waals surface area (Å²) in [5, 5.41) is 5.39. The van der Waals surface area contributed by atoms with Crippen LogP contribution in [0.15, 0.2) is 60.7 Å². The van der Waals surface area contributed by atoms with Crippen LogP contribution >= 0.6 is 0 Å². The third-order valence-electron chi connectivity index (χ3n) is 3.86. The minimum absolute atomic E-state index is 0.0189. The summed E-state index contributed by atoms with van der Waals surface area (Å²) in [6.45, 7) is 0. The Morgan fingerprint density at radius 3 is 2.35 bits per heavy atom. The van der Waals surface area contributed by atoms with E-state index in [1.54, 1.807) is 0 Å². The van der Waals surface area contributed by atoms with Gasteiger partial charge in [-0.1, -0.05) is 42.5 Å². The summed E-state index contributed by atoms with van der Waals surface area (Å²) in [7, 11) is 0. The van der Waals surface area contributed by atoms with Crippen LogP contribution < -0.4 is 5.32 Å². The highest BCUT2D eigenvalue weighted by atomic mass is 16.1. The topological polar surface area (TPSA) is 29.1 Å². The lowest BCUT2D eigenvalue weighted by Crippen LogP contribution is -2.11. The van der Waals surface area contributed by atoms with E-state index in [1.807, 2.05) is 36.4 Å². The van der Waals surface area contributed by atoms with E-state index in [9.17, 15) is 4.79 Å². The molecule has 0 aliphatic carbocycles. The SMILES string of the molecule is O=C1Nc2cc3ccccc3cc2Cc2ccccc21. The molecule has 96 valence electrons. The molecule has 0 unspecified atom stereocenters. The van der Waals surface area contributed by atoms with Crippen LogP contribution in [0.4, 0.5) is 5.69 Å². The highest BCUT2D eigenvalue weighted by molar-refractivity contribution is 6.08. The maximum atomic E-state index is 12.3. The first kappa shape index (κ1) is 11.2. The quantitative estimate of drug-likeness (QED) is 0.649. The van der Waals surface area contributed by atoms with Gasteiger partial charge in [0.05, 0.1) is 0 Å². The predicted molar refractivity (Wildman–Crippen MR) is 81.1 cm³/mol. The van der Waals surface area contributed by atoms with Crippen LogP contribution in [0.25, 0.3) is 10.8 Å². The van der Waals surface area contributed by atoms with E-state index < -0.39 is 0 Å². The van der Waals surface area contributed by atoms with Gasteiger partial charge in [0.15, 0.2) is 0 Å². The summed E-state index contributed by atoms with van der Waals surface area (Å²) in [6, 6.07) is 20.3. The van der Waals surface area contributed by atoms with Crippen LogP contribution in [0.3, 0.4) is 0 Å². The van der Waals surface area contributed by atoms with Crippen LogP contribution in [-0.4, -0.2) is 5.91 Å². The fourth-order valence-corrected chi connectivity index (χ4v) is 2.84. The molecule has 0 radical (unpaired) electrons. The second kappa shape index (κ2) is 4.20. The monoisotopic (exact) mass is 259 g/mol. The fourth-order valence-electron chi connectivity index (χ4n) is 2.84. The van der Waals surface area contributed by atoms with Gasteiger partial charge >= 0.3 is 0 Å². The molecule has 0 fully saturated rings. The van der Waals surface area contributed by atoms with E-state index >= 15 is 0 Å². The van der Waals surface area contributed by atoms with Crippen LogP contribution in [-0.2, 0) is 6.42 Å². The largest absolute Gasteiger partial charge is 0.322 e. The zero-order chi connectivity index (χ0) is 13.5. The number of benzene rings is 3. The smallest absolute Gasteiger partial charge is 0.255 e. The van der Waals surface area contributed by atoms with Gasteiger partial charge in [0.1, 0.15) is 0 Å². The number of anilines is 1. The maximum absolute atomic E-state index is 12.3. The minimum Gasteiger partial charge on any atom is -0.322 e. The van der Waals surface area contributed by atoms with E-state index in [0.29, 0.717) is 0 Å². The first-order chi connectivity index (χ1) is 9.81. The second-order valence-electron chi connectivity index (χ2n) is 5.14. The van der Waals surface area contributed by atoms with Gasteiger partial charge in [0, 0.05) is 17.7 Å². The van der Waals surface area contributed by atoms with Crippen molar-refractivity contribution in [3.63, 3.8) is 0 Å². The molecule has 3 aromatic carbocycles. The van der Waals surface area contributed by atoms with Crippen LogP contribution in [0.5, 0.6) is 0 Å². The highest BCUT2D eigenvalue weighted by Crippen LogP contribution is 2.30. The van der Waals surface area contributed by atoms with Crippen LogP contribution in [0, 0.1) is 0 Å². The predicted octanol–water partition coefficient (Wildman–Crippen LogP) is 4.00. The Hall–Kier alpha value is -2.61. The molecule has 4 rings (SSSR count). The van der Waals surface area contributed by atoms with Crippen LogP contribution in [0.1, 0.15) is 21.5 Å². The van der Waals surface area contributed by atoms with E-state index in [2.05, 4.69) is 29.6 Å². The van der Waals surface area contributed by atoms with E-state index in [1.165, 1.54) is 10.9 Å². The van der Waals surface area contributed by atoms with Crippen molar-refractivity contribution in [1.29, 1.82) is 0 Å². The Kier molecular flexibility index (Phi) is 2.36. The van der Waals surface area contributed by atoms with Gasteiger partial charge < -0.3 is 5.32 Å². The third-order valence-corrected chi connectivity index (χ3v) is 3.86. The normalized spacial score (nSPS) is 13.3. The molecule has 0 saturated carbocycles. The first-order valence-electron chi connectivity index (χ1n) is 6.72. The van der Waals surface area contributed by atoms with Crippen molar-refractivity contribution >= 4 is 22.4 Å². The lowest BCUT2D eigenvalue weighted by Gasteiger charge is -2.08. The molecular formula is C18H13NO. The van der Waals surface area contributed by atoms with Gasteiger partial charge in [-0.15, -0.1) is 0 Å². The second-order valence-corrected chi connectivity index (χ2v) is 5.14. The van der Waals surface area contributed by atoms with Crippen molar-refractivity contribution in [3.8, 4) is 0 Å². The number of hydrogen-bond acceptors (Lipinski definition) is 1. The summed E-state index contributed by atoms with van der Waals surface area (Å²) >= 11 is 0. The standard InChI is InChI=1S/C18H13NO/c20-18-16-8-4-3-7-14(16)10-15-9-12-5-1-2-6-13(12)11-17(15)19-18/h1-9,11H,10H2,(H,19,20). The fraction of sp³-hybridized carbons (Fsp3) is 0.0556. The van der Waals surface area contributed by atoms with Crippen molar-refractivity contribution in [2.24, 2.45) is 0 Å². The Bertz CT molecular complexity index is 836. The lowest BCUT2D eigenvalue weighted by atomic mass is 9.98. The molecule has 1 aliphatic heterocycles. The van der Waals surface area contributed by atoms with Crippen molar-refractivity contribution in [2.75, 3.05) is 5.32 Å². The number of amides is 1.